The summed E-state index contributed by atoms with van der Waals surface area (Å²) in [4.78, 5) is 11.0. The molecule has 0 bridgehead atoms. The highest BCUT2D eigenvalue weighted by Gasteiger charge is 2.11. The van der Waals surface area contributed by atoms with E-state index in [-0.39, 0.29) is 5.78 Å². The molecule has 0 radical (unpaired) electrons. The number of methoxy groups -OCH3 is 1. The van der Waals surface area contributed by atoms with Crippen molar-refractivity contribution in [3.8, 4) is 5.75 Å². The highest BCUT2D eigenvalue weighted by atomic mass is 16.5. The van der Waals surface area contributed by atoms with E-state index >= 15 is 0 Å². The Balaban J connectivity index is 3.06. The smallest absolute Gasteiger partial charge is 0.148 e. The molecule has 1 rings (SSSR count). The van der Waals surface area contributed by atoms with E-state index in [0.29, 0.717) is 12.5 Å². The van der Waals surface area contributed by atoms with Gasteiger partial charge in [0.2, 0.25) is 0 Å². The van der Waals surface area contributed by atoms with Gasteiger partial charge in [-0.3, -0.25) is 4.79 Å². The molecule has 3 heteroatoms. The van der Waals surface area contributed by atoms with Gasteiger partial charge in [-0.05, 0) is 43.0 Å². The topological polar surface area (TPSA) is 38.3 Å². The third-order valence-electron chi connectivity index (χ3n) is 2.73. The summed E-state index contributed by atoms with van der Waals surface area (Å²) in [6, 6.07) is 4.08. The Morgan fingerprint density at radius 3 is 2.53 bits per heavy atom. The van der Waals surface area contributed by atoms with Crippen LogP contribution in [0.1, 0.15) is 37.8 Å². The fourth-order valence-electron chi connectivity index (χ4n) is 1.74. The molecule has 0 aliphatic rings. The number of nitrogens with one attached hydrogen (secondary N) is 1. The lowest BCUT2D eigenvalue weighted by Crippen LogP contribution is -2.11. The lowest BCUT2D eigenvalue weighted by Gasteiger charge is -2.16. The van der Waals surface area contributed by atoms with E-state index in [2.05, 4.69) is 25.2 Å². The van der Waals surface area contributed by atoms with Crippen LogP contribution in [0.25, 0.3) is 0 Å². The Hall–Kier alpha value is -1.51. The Labute approximate surface area is 103 Å². The Morgan fingerprint density at radius 2 is 2.06 bits per heavy atom. The molecule has 1 N–H and O–H groups in total. The number of carbonyl (C=O) groups is 1. The van der Waals surface area contributed by atoms with Crippen LogP contribution in [0.3, 0.4) is 0 Å². The van der Waals surface area contributed by atoms with Crippen molar-refractivity contribution in [3.05, 3.63) is 23.3 Å². The van der Waals surface area contributed by atoms with E-state index in [4.69, 9.17) is 4.74 Å². The summed E-state index contributed by atoms with van der Waals surface area (Å²) in [5.74, 6) is 1.43. The highest BCUT2D eigenvalue weighted by Crippen LogP contribution is 2.31. The van der Waals surface area contributed by atoms with Crippen LogP contribution in [-0.4, -0.2) is 19.4 Å². The van der Waals surface area contributed by atoms with Gasteiger partial charge < -0.3 is 10.1 Å². The largest absolute Gasteiger partial charge is 0.496 e. The molecule has 0 aromatic heterocycles. The van der Waals surface area contributed by atoms with Crippen LogP contribution in [0, 0.1) is 6.92 Å². The predicted molar refractivity (Wildman–Crippen MR) is 71.0 cm³/mol. The minimum absolute atomic E-state index is 0.131. The fourth-order valence-corrected chi connectivity index (χ4v) is 1.74. The first-order valence-corrected chi connectivity index (χ1v) is 5.87. The van der Waals surface area contributed by atoms with E-state index in [1.807, 2.05) is 13.0 Å². The summed E-state index contributed by atoms with van der Waals surface area (Å²) in [7, 11) is 1.68. The van der Waals surface area contributed by atoms with Crippen LogP contribution in [0.4, 0.5) is 5.69 Å². The first-order valence-electron chi connectivity index (χ1n) is 5.87. The molecule has 0 aliphatic carbocycles. The van der Waals surface area contributed by atoms with Crippen LogP contribution < -0.4 is 10.1 Å². The van der Waals surface area contributed by atoms with Crippen LogP contribution in [-0.2, 0) is 4.79 Å². The van der Waals surface area contributed by atoms with Gasteiger partial charge in [0.25, 0.3) is 0 Å². The van der Waals surface area contributed by atoms with Gasteiger partial charge in [-0.25, -0.2) is 0 Å². The number of ether oxygens (including phenoxy) is 1. The SMILES string of the molecule is COc1cc(C)c(NCC(C)=O)cc1C(C)C. The zero-order valence-corrected chi connectivity index (χ0v) is 11.3. The van der Waals surface area contributed by atoms with Gasteiger partial charge in [0.05, 0.1) is 13.7 Å². The molecule has 1 aromatic rings. The summed E-state index contributed by atoms with van der Waals surface area (Å²) in [6.45, 7) is 8.21. The van der Waals surface area contributed by atoms with E-state index < -0.39 is 0 Å². The first kappa shape index (κ1) is 13.6. The molecule has 0 spiro atoms. The molecule has 0 aliphatic heterocycles. The number of carbonyl (C=O) groups excluding carboxylic acids is 1. The second kappa shape index (κ2) is 5.71. The zero-order chi connectivity index (χ0) is 13.0. The lowest BCUT2D eigenvalue weighted by molar-refractivity contribution is -0.115. The maximum absolute atomic E-state index is 11.0. The molecule has 0 atom stereocenters. The van der Waals surface area contributed by atoms with Crippen molar-refractivity contribution in [2.75, 3.05) is 19.0 Å². The minimum atomic E-state index is 0.131. The third kappa shape index (κ3) is 3.48. The average molecular weight is 235 g/mol. The standard InChI is InChI=1S/C14H21NO2/c1-9(2)12-7-13(15-8-11(4)16)10(3)6-14(12)17-5/h6-7,9,15H,8H2,1-5H3. The first-order chi connectivity index (χ1) is 7.95. The van der Waals surface area contributed by atoms with Crippen molar-refractivity contribution in [1.82, 2.24) is 0 Å². The summed E-state index contributed by atoms with van der Waals surface area (Å²) < 4.78 is 5.37. The number of hydrogen-bond acceptors (Lipinski definition) is 3. The molecule has 0 saturated heterocycles. The molecule has 0 unspecified atom stereocenters. The number of aryl methyl sites for hydroxylation is 1. The van der Waals surface area contributed by atoms with Gasteiger partial charge in [0, 0.05) is 5.69 Å². The summed E-state index contributed by atoms with van der Waals surface area (Å²) >= 11 is 0. The summed E-state index contributed by atoms with van der Waals surface area (Å²) in [6.07, 6.45) is 0. The van der Waals surface area contributed by atoms with Crippen molar-refractivity contribution in [2.45, 2.75) is 33.6 Å². The Bertz CT molecular complexity index is 411. The number of hydrogen-bond donors (Lipinski definition) is 1. The molecular formula is C14H21NO2. The van der Waals surface area contributed by atoms with E-state index in [0.717, 1.165) is 22.6 Å². The van der Waals surface area contributed by atoms with Crippen molar-refractivity contribution in [2.24, 2.45) is 0 Å². The fraction of sp³-hybridized carbons (Fsp3) is 0.500. The minimum Gasteiger partial charge on any atom is -0.496 e. The second-order valence-corrected chi connectivity index (χ2v) is 4.62. The monoisotopic (exact) mass is 235 g/mol. The van der Waals surface area contributed by atoms with Gasteiger partial charge in [-0.2, -0.15) is 0 Å². The number of anilines is 1. The van der Waals surface area contributed by atoms with Gasteiger partial charge in [-0.15, -0.1) is 0 Å². The van der Waals surface area contributed by atoms with Crippen molar-refractivity contribution in [3.63, 3.8) is 0 Å². The van der Waals surface area contributed by atoms with Gasteiger partial charge in [-0.1, -0.05) is 13.8 Å². The van der Waals surface area contributed by atoms with E-state index in [1.165, 1.54) is 0 Å². The molecule has 0 heterocycles. The van der Waals surface area contributed by atoms with E-state index in [9.17, 15) is 4.79 Å². The number of benzene rings is 1. The van der Waals surface area contributed by atoms with Gasteiger partial charge in [0.15, 0.2) is 0 Å². The van der Waals surface area contributed by atoms with Crippen molar-refractivity contribution < 1.29 is 9.53 Å². The molecule has 0 amide bonds. The third-order valence-corrected chi connectivity index (χ3v) is 2.73. The quantitative estimate of drug-likeness (QED) is 0.852. The zero-order valence-electron chi connectivity index (χ0n) is 11.3. The van der Waals surface area contributed by atoms with Crippen LogP contribution >= 0.6 is 0 Å². The summed E-state index contributed by atoms with van der Waals surface area (Å²) in [5, 5.41) is 3.15. The van der Waals surface area contributed by atoms with Crippen molar-refractivity contribution in [1.29, 1.82) is 0 Å². The Kier molecular flexibility index (Phi) is 4.55. The molecule has 0 saturated carbocycles. The average Bonchev–Trinajstić information content (AvgIpc) is 2.26. The predicted octanol–water partition coefficient (Wildman–Crippen LogP) is 3.13. The van der Waals surface area contributed by atoms with Crippen LogP contribution in [0.5, 0.6) is 5.75 Å². The molecule has 17 heavy (non-hydrogen) atoms. The van der Waals surface area contributed by atoms with Gasteiger partial charge in [0.1, 0.15) is 11.5 Å². The number of rotatable bonds is 5. The Morgan fingerprint density at radius 1 is 1.41 bits per heavy atom. The number of ketones is 1. The van der Waals surface area contributed by atoms with Crippen LogP contribution in [0.2, 0.25) is 0 Å². The molecule has 1 aromatic carbocycles. The summed E-state index contributed by atoms with van der Waals surface area (Å²) in [5.41, 5.74) is 3.25. The van der Waals surface area contributed by atoms with E-state index in [1.54, 1.807) is 14.0 Å². The number of Topliss-reactive ketones (excluding diaryl/α,β-unsaturated/α-hetero) is 1. The molecular weight excluding hydrogens is 214 g/mol. The van der Waals surface area contributed by atoms with Crippen LogP contribution in [0.15, 0.2) is 12.1 Å². The molecule has 0 fully saturated rings. The van der Waals surface area contributed by atoms with Crippen molar-refractivity contribution >= 4 is 11.5 Å². The highest BCUT2D eigenvalue weighted by molar-refractivity contribution is 5.80. The molecule has 3 nitrogen and oxygen atoms in total. The maximum Gasteiger partial charge on any atom is 0.148 e. The maximum atomic E-state index is 11.0. The molecule has 94 valence electrons. The second-order valence-electron chi connectivity index (χ2n) is 4.62. The normalized spacial score (nSPS) is 10.5. The lowest BCUT2D eigenvalue weighted by atomic mass is 9.99. The van der Waals surface area contributed by atoms with Gasteiger partial charge >= 0.3 is 0 Å².